The molecule has 1 unspecified atom stereocenters. The summed E-state index contributed by atoms with van der Waals surface area (Å²) in [7, 11) is 0. The van der Waals surface area contributed by atoms with Gasteiger partial charge in [0.25, 0.3) is 0 Å². The van der Waals surface area contributed by atoms with E-state index in [1.807, 2.05) is 0 Å². The van der Waals surface area contributed by atoms with Gasteiger partial charge in [-0.2, -0.15) is 0 Å². The Kier molecular flexibility index (Phi) is 2.57. The van der Waals surface area contributed by atoms with Crippen LogP contribution in [0.15, 0.2) is 22.7 Å². The molecule has 1 N–H and O–H groups in total. The first kappa shape index (κ1) is 9.86. The van der Waals surface area contributed by atoms with E-state index in [2.05, 4.69) is 39.4 Å². The summed E-state index contributed by atoms with van der Waals surface area (Å²) in [6.45, 7) is 0. The molecule has 0 radical (unpaired) electrons. The molecule has 80 valence electrons. The average molecular weight is 266 g/mol. The van der Waals surface area contributed by atoms with Gasteiger partial charge in [-0.1, -0.05) is 34.5 Å². The number of fused-ring (bicyclic) bond motifs is 1. The van der Waals surface area contributed by atoms with E-state index in [1.54, 1.807) is 0 Å². The van der Waals surface area contributed by atoms with Gasteiger partial charge < -0.3 is 5.32 Å². The third-order valence-corrected chi connectivity index (χ3v) is 4.43. The highest BCUT2D eigenvalue weighted by atomic mass is 79.9. The molecule has 0 aliphatic heterocycles. The summed E-state index contributed by atoms with van der Waals surface area (Å²) in [5.41, 5.74) is 3.05. The number of hydrogen-bond acceptors (Lipinski definition) is 1. The van der Waals surface area contributed by atoms with Crippen LogP contribution in [0.25, 0.3) is 0 Å². The van der Waals surface area contributed by atoms with Crippen molar-refractivity contribution in [1.82, 2.24) is 5.32 Å². The fourth-order valence-electron chi connectivity index (χ4n) is 2.66. The maximum absolute atomic E-state index is 3.78. The minimum absolute atomic E-state index is 0.598. The largest absolute Gasteiger partial charge is 0.307 e. The van der Waals surface area contributed by atoms with Crippen molar-refractivity contribution >= 4 is 15.9 Å². The molecule has 0 bridgehead atoms. The molecule has 1 aromatic carbocycles. The smallest absolute Gasteiger partial charge is 0.0339 e. The predicted octanol–water partition coefficient (Wildman–Crippen LogP) is 3.58. The maximum atomic E-state index is 3.78. The Hall–Kier alpha value is -0.340. The lowest BCUT2D eigenvalue weighted by Crippen LogP contribution is -2.37. The van der Waals surface area contributed by atoms with Crippen LogP contribution in [0.3, 0.4) is 0 Å². The molecule has 1 atom stereocenters. The van der Waals surface area contributed by atoms with Crippen LogP contribution in [-0.4, -0.2) is 6.04 Å². The Labute approximate surface area is 99.4 Å². The second-order valence-corrected chi connectivity index (χ2v) is 5.55. The fraction of sp³-hybridized carbons (Fsp3) is 0.538. The van der Waals surface area contributed by atoms with Gasteiger partial charge in [0.05, 0.1) is 0 Å². The van der Waals surface area contributed by atoms with Gasteiger partial charge in [-0.25, -0.2) is 0 Å². The second-order valence-electron chi connectivity index (χ2n) is 4.70. The number of hydrogen-bond donors (Lipinski definition) is 1. The summed E-state index contributed by atoms with van der Waals surface area (Å²) in [6, 6.07) is 7.96. The van der Waals surface area contributed by atoms with Crippen LogP contribution in [0.4, 0.5) is 0 Å². The predicted molar refractivity (Wildman–Crippen MR) is 66.0 cm³/mol. The molecule has 0 aromatic heterocycles. The molecular formula is C13H16BrN. The molecule has 15 heavy (non-hydrogen) atoms. The average Bonchev–Trinajstić information content (AvgIpc) is 2.56. The van der Waals surface area contributed by atoms with E-state index in [9.17, 15) is 0 Å². The number of halogens is 1. The van der Waals surface area contributed by atoms with E-state index in [1.165, 1.54) is 47.7 Å². The van der Waals surface area contributed by atoms with Crippen molar-refractivity contribution in [2.45, 2.75) is 44.2 Å². The number of nitrogens with one attached hydrogen (secondary N) is 1. The van der Waals surface area contributed by atoms with E-state index >= 15 is 0 Å². The van der Waals surface area contributed by atoms with Gasteiger partial charge >= 0.3 is 0 Å². The van der Waals surface area contributed by atoms with Crippen molar-refractivity contribution < 1.29 is 0 Å². The number of rotatable bonds is 2. The van der Waals surface area contributed by atoms with Crippen LogP contribution in [0.2, 0.25) is 0 Å². The molecule has 2 aliphatic carbocycles. The quantitative estimate of drug-likeness (QED) is 0.862. The minimum Gasteiger partial charge on any atom is -0.307 e. The van der Waals surface area contributed by atoms with Crippen molar-refractivity contribution in [3.05, 3.63) is 33.8 Å². The van der Waals surface area contributed by atoms with E-state index in [0.29, 0.717) is 6.04 Å². The Morgan fingerprint density at radius 1 is 1.20 bits per heavy atom. The summed E-state index contributed by atoms with van der Waals surface area (Å²) in [6.07, 6.45) is 6.66. The van der Waals surface area contributed by atoms with E-state index in [0.717, 1.165) is 6.04 Å². The molecule has 0 spiro atoms. The Balaban J connectivity index is 1.83. The van der Waals surface area contributed by atoms with E-state index in [4.69, 9.17) is 0 Å². The lowest BCUT2D eigenvalue weighted by molar-refractivity contribution is 0.304. The summed E-state index contributed by atoms with van der Waals surface area (Å²) in [5.74, 6) is 0. The molecule has 1 aromatic rings. The number of benzene rings is 1. The van der Waals surface area contributed by atoms with Crippen LogP contribution >= 0.6 is 15.9 Å². The first-order valence-corrected chi connectivity index (χ1v) is 6.67. The lowest BCUT2D eigenvalue weighted by atomic mass is 9.92. The Bertz CT molecular complexity index is 371. The molecule has 0 saturated heterocycles. The summed E-state index contributed by atoms with van der Waals surface area (Å²) >= 11 is 3.68. The van der Waals surface area contributed by atoms with Crippen LogP contribution < -0.4 is 5.32 Å². The third-order valence-electron chi connectivity index (χ3n) is 3.74. The van der Waals surface area contributed by atoms with Crippen molar-refractivity contribution in [2.75, 3.05) is 0 Å². The topological polar surface area (TPSA) is 12.0 Å². The van der Waals surface area contributed by atoms with Crippen molar-refractivity contribution in [3.63, 3.8) is 0 Å². The zero-order chi connectivity index (χ0) is 10.3. The summed E-state index contributed by atoms with van der Waals surface area (Å²) in [4.78, 5) is 0. The SMILES string of the molecule is Brc1cccc2c1C(NC1CCC1)CC2. The molecule has 0 amide bonds. The zero-order valence-corrected chi connectivity index (χ0v) is 10.4. The van der Waals surface area contributed by atoms with Crippen molar-refractivity contribution in [1.29, 1.82) is 0 Å². The molecule has 1 nitrogen and oxygen atoms in total. The van der Waals surface area contributed by atoms with Gasteiger partial charge in [-0.05, 0) is 42.9 Å². The highest BCUT2D eigenvalue weighted by molar-refractivity contribution is 9.10. The molecule has 2 heteroatoms. The van der Waals surface area contributed by atoms with E-state index < -0.39 is 0 Å². The second kappa shape index (κ2) is 3.91. The Morgan fingerprint density at radius 3 is 2.80 bits per heavy atom. The number of aryl methyl sites for hydroxylation is 1. The molecule has 3 rings (SSSR count). The molecule has 0 heterocycles. The lowest BCUT2D eigenvalue weighted by Gasteiger charge is -2.30. The van der Waals surface area contributed by atoms with Crippen molar-refractivity contribution in [3.8, 4) is 0 Å². The van der Waals surface area contributed by atoms with Gasteiger partial charge in [0.2, 0.25) is 0 Å². The van der Waals surface area contributed by atoms with Crippen LogP contribution in [0, 0.1) is 0 Å². The van der Waals surface area contributed by atoms with Gasteiger partial charge in [-0.3, -0.25) is 0 Å². The molecule has 1 saturated carbocycles. The zero-order valence-electron chi connectivity index (χ0n) is 8.80. The van der Waals surface area contributed by atoms with Gasteiger partial charge in [0, 0.05) is 16.6 Å². The summed E-state index contributed by atoms with van der Waals surface area (Å²) < 4.78 is 1.29. The van der Waals surface area contributed by atoms with E-state index in [-0.39, 0.29) is 0 Å². The normalized spacial score (nSPS) is 25.0. The molecule has 1 fully saturated rings. The molecule has 2 aliphatic rings. The van der Waals surface area contributed by atoms with Gasteiger partial charge in [0.15, 0.2) is 0 Å². The van der Waals surface area contributed by atoms with Crippen LogP contribution in [0.5, 0.6) is 0 Å². The standard InChI is InChI=1S/C13H16BrN/c14-11-6-1-3-9-7-8-12(13(9)11)15-10-4-2-5-10/h1,3,6,10,12,15H,2,4-5,7-8H2. The van der Waals surface area contributed by atoms with Crippen LogP contribution in [0.1, 0.15) is 42.9 Å². The highest BCUT2D eigenvalue weighted by Gasteiger charge is 2.28. The third kappa shape index (κ3) is 1.74. The monoisotopic (exact) mass is 265 g/mol. The first-order valence-electron chi connectivity index (χ1n) is 5.88. The Morgan fingerprint density at radius 2 is 2.07 bits per heavy atom. The minimum atomic E-state index is 0.598. The fourth-order valence-corrected chi connectivity index (χ4v) is 3.34. The highest BCUT2D eigenvalue weighted by Crippen LogP contribution is 2.37. The summed E-state index contributed by atoms with van der Waals surface area (Å²) in [5, 5.41) is 3.78. The van der Waals surface area contributed by atoms with Gasteiger partial charge in [0.1, 0.15) is 0 Å². The van der Waals surface area contributed by atoms with Crippen molar-refractivity contribution in [2.24, 2.45) is 0 Å². The maximum Gasteiger partial charge on any atom is 0.0339 e. The van der Waals surface area contributed by atoms with Gasteiger partial charge in [-0.15, -0.1) is 0 Å². The van der Waals surface area contributed by atoms with Crippen LogP contribution in [-0.2, 0) is 6.42 Å². The molecular weight excluding hydrogens is 250 g/mol. The first-order chi connectivity index (χ1) is 7.34.